The Morgan fingerprint density at radius 3 is 2.43 bits per heavy atom. The van der Waals surface area contributed by atoms with Crippen molar-refractivity contribution in [3.8, 4) is 17.2 Å². The van der Waals surface area contributed by atoms with Crippen molar-refractivity contribution in [2.45, 2.75) is 19.4 Å². The first-order valence-corrected chi connectivity index (χ1v) is 8.33. The fourth-order valence-corrected chi connectivity index (χ4v) is 2.64. The van der Waals surface area contributed by atoms with Gasteiger partial charge in [-0.05, 0) is 36.8 Å². The van der Waals surface area contributed by atoms with Crippen LogP contribution in [-0.4, -0.2) is 11.1 Å². The highest BCUT2D eigenvalue weighted by Gasteiger charge is 2.14. The van der Waals surface area contributed by atoms with Crippen LogP contribution in [0.3, 0.4) is 0 Å². The third-order valence-corrected chi connectivity index (χ3v) is 4.09. The predicted molar refractivity (Wildman–Crippen MR) is 99.5 cm³/mol. The molecule has 0 bridgehead atoms. The molecule has 0 aliphatic heterocycles. The van der Waals surface area contributed by atoms with Crippen molar-refractivity contribution in [2.75, 3.05) is 0 Å². The topological polar surface area (TPSA) is 44.5 Å². The lowest BCUT2D eigenvalue weighted by Crippen LogP contribution is -2.31. The molecule has 0 amide bonds. The molecule has 1 unspecified atom stereocenters. The smallest absolute Gasteiger partial charge is 0.148 e. The Labute approximate surface area is 155 Å². The predicted octanol–water partition coefficient (Wildman–Crippen LogP) is 5.88. The average Bonchev–Trinajstić information content (AvgIpc) is 2.50. The van der Waals surface area contributed by atoms with Crippen molar-refractivity contribution >= 4 is 52.0 Å². The summed E-state index contributed by atoms with van der Waals surface area (Å²) in [5.74, 6) is 1.44. The van der Waals surface area contributed by atoms with Crippen LogP contribution >= 0.6 is 47.0 Å². The van der Waals surface area contributed by atoms with Crippen LogP contribution in [0.5, 0.6) is 17.2 Å². The highest BCUT2D eigenvalue weighted by Crippen LogP contribution is 2.35. The SMILES string of the molecule is CCC(Oc1cc(Oc2ccc(Cl)cc2Cl)ccc1Cl)C(N)=S. The highest BCUT2D eigenvalue weighted by atomic mass is 35.5. The molecule has 1 atom stereocenters. The summed E-state index contributed by atoms with van der Waals surface area (Å²) in [6.07, 6.45) is 0.247. The van der Waals surface area contributed by atoms with Gasteiger partial charge in [-0.3, -0.25) is 0 Å². The Kier molecular flexibility index (Phi) is 6.36. The minimum Gasteiger partial charge on any atom is -0.482 e. The van der Waals surface area contributed by atoms with E-state index in [0.29, 0.717) is 38.7 Å². The fourth-order valence-electron chi connectivity index (χ4n) is 1.82. The lowest BCUT2D eigenvalue weighted by molar-refractivity contribution is 0.263. The van der Waals surface area contributed by atoms with E-state index in [1.165, 1.54) is 0 Å². The van der Waals surface area contributed by atoms with Crippen LogP contribution in [0.15, 0.2) is 36.4 Å². The molecule has 0 aliphatic rings. The van der Waals surface area contributed by atoms with E-state index < -0.39 is 6.10 Å². The van der Waals surface area contributed by atoms with Crippen LogP contribution in [0.1, 0.15) is 13.3 Å². The molecule has 0 saturated heterocycles. The van der Waals surface area contributed by atoms with E-state index in [1.54, 1.807) is 36.4 Å². The van der Waals surface area contributed by atoms with Crippen LogP contribution in [0, 0.1) is 0 Å². The Morgan fingerprint density at radius 2 is 1.83 bits per heavy atom. The lowest BCUT2D eigenvalue weighted by Gasteiger charge is -2.18. The van der Waals surface area contributed by atoms with Gasteiger partial charge in [0.15, 0.2) is 0 Å². The van der Waals surface area contributed by atoms with Gasteiger partial charge in [0.2, 0.25) is 0 Å². The van der Waals surface area contributed by atoms with E-state index in [-0.39, 0.29) is 4.99 Å². The fraction of sp³-hybridized carbons (Fsp3) is 0.188. The second kappa shape index (κ2) is 8.06. The van der Waals surface area contributed by atoms with E-state index in [9.17, 15) is 0 Å². The van der Waals surface area contributed by atoms with Gasteiger partial charge in [-0.25, -0.2) is 0 Å². The van der Waals surface area contributed by atoms with E-state index in [2.05, 4.69) is 0 Å². The normalized spacial score (nSPS) is 11.8. The Bertz CT molecular complexity index is 724. The van der Waals surface area contributed by atoms with Gasteiger partial charge in [0.1, 0.15) is 28.3 Å². The molecule has 2 aromatic rings. The number of thiocarbonyl (C=S) groups is 1. The number of ether oxygens (including phenoxy) is 2. The van der Waals surface area contributed by atoms with Gasteiger partial charge < -0.3 is 15.2 Å². The summed E-state index contributed by atoms with van der Waals surface area (Å²) in [5, 5.41) is 1.38. The standard InChI is InChI=1S/C16H14Cl3NO2S/c1-2-13(16(20)23)22-15-8-10(4-5-11(15)18)21-14-6-3-9(17)7-12(14)19/h3-8,13H,2H2,1H3,(H2,20,23). The quantitative estimate of drug-likeness (QED) is 0.625. The second-order valence-corrected chi connectivity index (χ2v) is 6.41. The highest BCUT2D eigenvalue weighted by molar-refractivity contribution is 7.80. The molecular weight excluding hydrogens is 377 g/mol. The molecule has 122 valence electrons. The number of benzene rings is 2. The van der Waals surface area contributed by atoms with Gasteiger partial charge in [-0.2, -0.15) is 0 Å². The van der Waals surface area contributed by atoms with Crippen LogP contribution in [0.4, 0.5) is 0 Å². The summed E-state index contributed by atoms with van der Waals surface area (Å²) in [5.41, 5.74) is 5.64. The van der Waals surface area contributed by atoms with Crippen molar-refractivity contribution in [1.82, 2.24) is 0 Å². The number of hydrogen-bond acceptors (Lipinski definition) is 3. The third-order valence-electron chi connectivity index (χ3n) is 2.98. The molecule has 0 radical (unpaired) electrons. The maximum absolute atomic E-state index is 6.15. The van der Waals surface area contributed by atoms with Gasteiger partial charge in [0, 0.05) is 11.1 Å². The van der Waals surface area contributed by atoms with Crippen molar-refractivity contribution in [1.29, 1.82) is 0 Å². The molecule has 0 aliphatic carbocycles. The van der Waals surface area contributed by atoms with Crippen LogP contribution < -0.4 is 15.2 Å². The Balaban J connectivity index is 2.24. The van der Waals surface area contributed by atoms with Gasteiger partial charge in [0.05, 0.1) is 10.0 Å². The van der Waals surface area contributed by atoms with Gasteiger partial charge >= 0.3 is 0 Å². The minimum absolute atomic E-state index is 0.274. The summed E-state index contributed by atoms with van der Waals surface area (Å²) in [6, 6.07) is 10.0. The summed E-state index contributed by atoms with van der Waals surface area (Å²) in [7, 11) is 0. The molecule has 2 N–H and O–H groups in total. The van der Waals surface area contributed by atoms with Crippen LogP contribution in [0.2, 0.25) is 15.1 Å². The molecule has 23 heavy (non-hydrogen) atoms. The number of nitrogens with two attached hydrogens (primary N) is 1. The minimum atomic E-state index is -0.392. The first kappa shape index (κ1) is 18.1. The van der Waals surface area contributed by atoms with Gasteiger partial charge in [-0.1, -0.05) is 53.9 Å². The van der Waals surface area contributed by atoms with E-state index in [4.69, 9.17) is 62.2 Å². The number of halogens is 3. The first-order valence-electron chi connectivity index (χ1n) is 6.79. The lowest BCUT2D eigenvalue weighted by atomic mass is 10.2. The molecule has 0 saturated carbocycles. The Hall–Kier alpha value is -1.20. The zero-order valence-electron chi connectivity index (χ0n) is 12.2. The molecule has 0 aromatic heterocycles. The largest absolute Gasteiger partial charge is 0.482 e. The monoisotopic (exact) mass is 389 g/mol. The summed E-state index contributed by atoms with van der Waals surface area (Å²) in [4.78, 5) is 0.274. The van der Waals surface area contributed by atoms with Crippen LogP contribution in [-0.2, 0) is 0 Å². The zero-order chi connectivity index (χ0) is 17.0. The molecular formula is C16H14Cl3NO2S. The molecule has 2 aromatic carbocycles. The zero-order valence-corrected chi connectivity index (χ0v) is 15.3. The summed E-state index contributed by atoms with van der Waals surface area (Å²) < 4.78 is 11.5. The van der Waals surface area contributed by atoms with Gasteiger partial charge in [-0.15, -0.1) is 0 Å². The third kappa shape index (κ3) is 4.88. The molecule has 2 rings (SSSR count). The summed E-state index contributed by atoms with van der Waals surface area (Å²) in [6.45, 7) is 1.92. The van der Waals surface area contributed by atoms with Gasteiger partial charge in [0.25, 0.3) is 0 Å². The van der Waals surface area contributed by atoms with Crippen molar-refractivity contribution in [3.05, 3.63) is 51.5 Å². The van der Waals surface area contributed by atoms with Crippen molar-refractivity contribution in [3.63, 3.8) is 0 Å². The van der Waals surface area contributed by atoms with E-state index >= 15 is 0 Å². The summed E-state index contributed by atoms with van der Waals surface area (Å²) >= 11 is 23.1. The van der Waals surface area contributed by atoms with Crippen molar-refractivity contribution in [2.24, 2.45) is 5.73 Å². The number of hydrogen-bond donors (Lipinski definition) is 1. The second-order valence-electron chi connectivity index (χ2n) is 4.69. The average molecular weight is 391 g/mol. The molecule has 0 heterocycles. The maximum atomic E-state index is 6.15. The van der Waals surface area contributed by atoms with Crippen molar-refractivity contribution < 1.29 is 9.47 Å². The van der Waals surface area contributed by atoms with Crippen LogP contribution in [0.25, 0.3) is 0 Å². The van der Waals surface area contributed by atoms with E-state index in [0.717, 1.165) is 0 Å². The molecule has 0 spiro atoms. The first-order chi connectivity index (χ1) is 10.9. The maximum Gasteiger partial charge on any atom is 0.148 e. The molecule has 0 fully saturated rings. The molecule has 7 heteroatoms. The van der Waals surface area contributed by atoms with E-state index in [1.807, 2.05) is 6.92 Å². The number of rotatable bonds is 6. The molecule has 3 nitrogen and oxygen atoms in total. The Morgan fingerprint density at radius 1 is 1.09 bits per heavy atom.